The van der Waals surface area contributed by atoms with Gasteiger partial charge in [0.1, 0.15) is 0 Å². The number of anilines is 1. The summed E-state index contributed by atoms with van der Waals surface area (Å²) in [6.45, 7) is 1.44. The molecule has 0 bridgehead atoms. The third-order valence-electron chi connectivity index (χ3n) is 3.40. The number of aliphatic imine (C=N–C) groups is 1. The monoisotopic (exact) mass is 526 g/mol. The Morgan fingerprint density at radius 3 is 2.62 bits per heavy atom. The SMILES string of the molecule is CN=C(NCc1csc(N(C)C)n1)N(C)Cc1cc(Br)cn1C.I. The van der Waals surface area contributed by atoms with Gasteiger partial charge in [0.15, 0.2) is 11.1 Å². The van der Waals surface area contributed by atoms with Gasteiger partial charge in [0, 0.05) is 57.0 Å². The Morgan fingerprint density at radius 2 is 2.12 bits per heavy atom. The second-order valence-electron chi connectivity index (χ2n) is 5.53. The zero-order valence-electron chi connectivity index (χ0n) is 14.6. The van der Waals surface area contributed by atoms with Crippen LogP contribution in [0, 0.1) is 0 Å². The number of halogens is 2. The summed E-state index contributed by atoms with van der Waals surface area (Å²) in [6, 6.07) is 2.12. The zero-order chi connectivity index (χ0) is 17.0. The molecule has 0 saturated heterocycles. The van der Waals surface area contributed by atoms with E-state index in [4.69, 9.17) is 0 Å². The molecule has 0 aliphatic carbocycles. The van der Waals surface area contributed by atoms with Gasteiger partial charge in [-0.05, 0) is 22.0 Å². The highest BCUT2D eigenvalue weighted by Gasteiger charge is 2.10. The van der Waals surface area contributed by atoms with E-state index in [1.807, 2.05) is 33.1 Å². The van der Waals surface area contributed by atoms with Crippen LogP contribution in [-0.4, -0.2) is 48.6 Å². The molecule has 0 aromatic carbocycles. The Balaban J connectivity index is 0.00000288. The first-order chi connectivity index (χ1) is 10.9. The molecule has 6 nitrogen and oxygen atoms in total. The predicted octanol–water partition coefficient (Wildman–Crippen LogP) is 3.14. The fourth-order valence-corrected chi connectivity index (χ4v) is 3.51. The Labute approximate surface area is 173 Å². The molecule has 0 aliphatic heterocycles. The van der Waals surface area contributed by atoms with Crippen molar-refractivity contribution >= 4 is 62.3 Å². The predicted molar refractivity (Wildman–Crippen MR) is 117 cm³/mol. The van der Waals surface area contributed by atoms with E-state index in [1.54, 1.807) is 18.4 Å². The van der Waals surface area contributed by atoms with Crippen LogP contribution in [0.25, 0.3) is 0 Å². The fraction of sp³-hybridized carbons (Fsp3) is 0.467. The van der Waals surface area contributed by atoms with Crippen LogP contribution in [0.5, 0.6) is 0 Å². The van der Waals surface area contributed by atoms with Crippen molar-refractivity contribution in [1.29, 1.82) is 0 Å². The van der Waals surface area contributed by atoms with E-state index in [0.29, 0.717) is 6.54 Å². The van der Waals surface area contributed by atoms with Gasteiger partial charge in [-0.25, -0.2) is 4.98 Å². The summed E-state index contributed by atoms with van der Waals surface area (Å²) < 4.78 is 3.20. The minimum Gasteiger partial charge on any atom is -0.354 e. The largest absolute Gasteiger partial charge is 0.354 e. The molecule has 0 atom stereocenters. The summed E-state index contributed by atoms with van der Waals surface area (Å²) in [7, 11) is 9.87. The number of hydrogen-bond donors (Lipinski definition) is 1. The molecule has 0 aliphatic rings. The third kappa shape index (κ3) is 5.62. The molecule has 0 unspecified atom stereocenters. The van der Waals surface area contributed by atoms with Crippen LogP contribution in [0.15, 0.2) is 27.1 Å². The normalized spacial score (nSPS) is 11.2. The van der Waals surface area contributed by atoms with Crippen molar-refractivity contribution in [2.45, 2.75) is 13.1 Å². The summed E-state index contributed by atoms with van der Waals surface area (Å²) in [5.74, 6) is 0.849. The van der Waals surface area contributed by atoms with Gasteiger partial charge in [-0.15, -0.1) is 35.3 Å². The topological polar surface area (TPSA) is 48.7 Å². The van der Waals surface area contributed by atoms with E-state index < -0.39 is 0 Å². The molecule has 24 heavy (non-hydrogen) atoms. The third-order valence-corrected chi connectivity index (χ3v) is 4.89. The van der Waals surface area contributed by atoms with Crippen molar-refractivity contribution in [3.8, 4) is 0 Å². The lowest BCUT2D eigenvalue weighted by atomic mass is 10.4. The lowest BCUT2D eigenvalue weighted by molar-refractivity contribution is 0.461. The lowest BCUT2D eigenvalue weighted by Gasteiger charge is -2.22. The first-order valence-electron chi connectivity index (χ1n) is 7.25. The van der Waals surface area contributed by atoms with Crippen LogP contribution in [0.4, 0.5) is 5.13 Å². The van der Waals surface area contributed by atoms with E-state index in [2.05, 4.69) is 58.3 Å². The second-order valence-corrected chi connectivity index (χ2v) is 7.29. The maximum atomic E-state index is 4.57. The maximum Gasteiger partial charge on any atom is 0.194 e. The minimum absolute atomic E-state index is 0. The van der Waals surface area contributed by atoms with Crippen LogP contribution in [0.2, 0.25) is 0 Å². The molecule has 0 spiro atoms. The number of guanidine groups is 1. The molecular formula is C15H24BrIN6S. The Hall–Kier alpha value is -0.810. The Morgan fingerprint density at radius 1 is 1.42 bits per heavy atom. The smallest absolute Gasteiger partial charge is 0.194 e. The molecular weight excluding hydrogens is 503 g/mol. The highest BCUT2D eigenvalue weighted by atomic mass is 127. The first-order valence-corrected chi connectivity index (χ1v) is 8.92. The standard InChI is InChI=1S/C15H23BrN6S.HI/c1-17-14(18-7-12-10-23-15(19-12)20(2)3)22(5)9-13-6-11(16)8-21(13)4;/h6,8,10H,7,9H2,1-5H3,(H,17,18);1H. The Kier molecular flexibility index (Phi) is 8.51. The van der Waals surface area contributed by atoms with E-state index in [0.717, 1.165) is 27.8 Å². The quantitative estimate of drug-likeness (QED) is 0.369. The van der Waals surface area contributed by atoms with Gasteiger partial charge in [0.2, 0.25) is 0 Å². The number of rotatable bonds is 5. The van der Waals surface area contributed by atoms with E-state index in [9.17, 15) is 0 Å². The van der Waals surface area contributed by atoms with Gasteiger partial charge >= 0.3 is 0 Å². The van der Waals surface area contributed by atoms with Gasteiger partial charge in [0.05, 0.1) is 18.8 Å². The van der Waals surface area contributed by atoms with Crippen molar-refractivity contribution in [3.63, 3.8) is 0 Å². The molecule has 2 aromatic heterocycles. The fourth-order valence-electron chi connectivity index (χ4n) is 2.18. The van der Waals surface area contributed by atoms with Crippen molar-refractivity contribution in [1.82, 2.24) is 19.8 Å². The van der Waals surface area contributed by atoms with E-state index in [1.165, 1.54) is 5.69 Å². The number of nitrogens with one attached hydrogen (secondary N) is 1. The molecule has 9 heteroatoms. The zero-order valence-corrected chi connectivity index (χ0v) is 19.3. The first kappa shape index (κ1) is 21.2. The average molecular weight is 527 g/mol. The van der Waals surface area contributed by atoms with Gasteiger partial charge in [0.25, 0.3) is 0 Å². The minimum atomic E-state index is 0. The van der Waals surface area contributed by atoms with Crippen molar-refractivity contribution in [2.24, 2.45) is 12.0 Å². The number of aromatic nitrogens is 2. The summed E-state index contributed by atoms with van der Waals surface area (Å²) in [5, 5.41) is 6.45. The highest BCUT2D eigenvalue weighted by Crippen LogP contribution is 2.18. The molecule has 0 saturated carbocycles. The highest BCUT2D eigenvalue weighted by molar-refractivity contribution is 14.0. The van der Waals surface area contributed by atoms with E-state index >= 15 is 0 Å². The second kappa shape index (κ2) is 9.62. The molecule has 134 valence electrons. The van der Waals surface area contributed by atoms with Crippen molar-refractivity contribution in [2.75, 3.05) is 33.1 Å². The van der Waals surface area contributed by atoms with Crippen LogP contribution in [0.3, 0.4) is 0 Å². The summed E-state index contributed by atoms with van der Waals surface area (Å²) in [4.78, 5) is 13.0. The molecule has 0 radical (unpaired) electrons. The lowest BCUT2D eigenvalue weighted by Crippen LogP contribution is -2.38. The molecule has 0 amide bonds. The average Bonchev–Trinajstić information content (AvgIpc) is 3.07. The number of nitrogens with zero attached hydrogens (tertiary/aromatic N) is 5. The van der Waals surface area contributed by atoms with Crippen molar-refractivity contribution < 1.29 is 0 Å². The van der Waals surface area contributed by atoms with Crippen LogP contribution >= 0.6 is 51.2 Å². The van der Waals surface area contributed by atoms with Crippen molar-refractivity contribution in [3.05, 3.63) is 33.5 Å². The molecule has 2 heterocycles. The van der Waals surface area contributed by atoms with Crippen LogP contribution in [-0.2, 0) is 20.1 Å². The van der Waals surface area contributed by atoms with Crippen LogP contribution < -0.4 is 10.2 Å². The van der Waals surface area contributed by atoms with Gasteiger partial charge in [-0.3, -0.25) is 4.99 Å². The van der Waals surface area contributed by atoms with Gasteiger partial charge < -0.3 is 19.7 Å². The maximum absolute atomic E-state index is 4.57. The van der Waals surface area contributed by atoms with Crippen LogP contribution in [0.1, 0.15) is 11.4 Å². The molecule has 2 aromatic rings. The number of aryl methyl sites for hydroxylation is 1. The van der Waals surface area contributed by atoms with Gasteiger partial charge in [-0.1, -0.05) is 0 Å². The van der Waals surface area contributed by atoms with Gasteiger partial charge in [-0.2, -0.15) is 0 Å². The summed E-state index contributed by atoms with van der Waals surface area (Å²) >= 11 is 5.15. The molecule has 2 rings (SSSR count). The molecule has 0 fully saturated rings. The molecule has 1 N–H and O–H groups in total. The Bertz CT molecular complexity index is 681. The number of thiazole rings is 1. The summed E-state index contributed by atoms with van der Waals surface area (Å²) in [6.07, 6.45) is 2.05. The van der Waals surface area contributed by atoms with E-state index in [-0.39, 0.29) is 24.0 Å². The summed E-state index contributed by atoms with van der Waals surface area (Å²) in [5.41, 5.74) is 2.24. The number of hydrogen-bond acceptors (Lipinski definition) is 4.